The summed E-state index contributed by atoms with van der Waals surface area (Å²) in [6.45, 7) is 4.39. The molecule has 0 spiro atoms. The zero-order valence-electron chi connectivity index (χ0n) is 15.1. The second-order valence-corrected chi connectivity index (χ2v) is 8.41. The first-order valence-electron chi connectivity index (χ1n) is 8.33. The molecule has 26 heavy (non-hydrogen) atoms. The van der Waals surface area contributed by atoms with Gasteiger partial charge in [0.15, 0.2) is 9.84 Å². The normalized spacial score (nSPS) is 12.2. The predicted octanol–water partition coefficient (Wildman–Crippen LogP) is 3.33. The minimum Gasteiger partial charge on any atom is -0.332 e. The number of carbonyl (C=O) groups excluding carboxylic acids is 1. The first kappa shape index (κ1) is 19.7. The van der Waals surface area contributed by atoms with Crippen molar-refractivity contribution in [3.63, 3.8) is 0 Å². The van der Waals surface area contributed by atoms with E-state index in [-0.39, 0.29) is 17.7 Å². The average molecular weight is 370 g/mol. The molecule has 2 aromatic carbocycles. The number of benzene rings is 2. The SMILES string of the molecule is CCN(C(=O)c1ccc(CS(C)(=O)=O)cc1)C(C)c1ccc(C#N)cc1. The molecule has 2 rings (SSSR count). The van der Waals surface area contributed by atoms with Crippen LogP contribution in [0, 0.1) is 11.3 Å². The molecule has 0 aliphatic heterocycles. The van der Waals surface area contributed by atoms with Gasteiger partial charge in [0.05, 0.1) is 23.4 Å². The fourth-order valence-corrected chi connectivity index (χ4v) is 3.62. The molecule has 0 N–H and O–H groups in total. The largest absolute Gasteiger partial charge is 0.332 e. The molecule has 0 fully saturated rings. The molecule has 2 aromatic rings. The van der Waals surface area contributed by atoms with Crippen molar-refractivity contribution >= 4 is 15.7 Å². The van der Waals surface area contributed by atoms with Gasteiger partial charge in [-0.1, -0.05) is 24.3 Å². The van der Waals surface area contributed by atoms with Gasteiger partial charge in [-0.05, 0) is 49.2 Å². The molecule has 136 valence electrons. The molecule has 1 atom stereocenters. The van der Waals surface area contributed by atoms with E-state index in [2.05, 4.69) is 6.07 Å². The number of rotatable bonds is 6. The Bertz CT molecular complexity index is 911. The summed E-state index contributed by atoms with van der Waals surface area (Å²) < 4.78 is 22.7. The highest BCUT2D eigenvalue weighted by Gasteiger charge is 2.21. The van der Waals surface area contributed by atoms with E-state index in [9.17, 15) is 13.2 Å². The van der Waals surface area contributed by atoms with Crippen LogP contribution in [0.15, 0.2) is 48.5 Å². The number of amides is 1. The van der Waals surface area contributed by atoms with Gasteiger partial charge in [0.2, 0.25) is 0 Å². The van der Waals surface area contributed by atoms with E-state index in [0.717, 1.165) is 5.56 Å². The maximum Gasteiger partial charge on any atom is 0.254 e. The van der Waals surface area contributed by atoms with Crippen LogP contribution in [-0.4, -0.2) is 32.0 Å². The van der Waals surface area contributed by atoms with Crippen LogP contribution in [0.3, 0.4) is 0 Å². The lowest BCUT2D eigenvalue weighted by Gasteiger charge is -2.28. The standard InChI is InChI=1S/C20H22N2O3S/c1-4-22(15(2)18-9-5-16(13-21)6-10-18)20(23)19-11-7-17(8-12-19)14-26(3,24)25/h5-12,15H,4,14H2,1-3H3. The molecule has 0 aromatic heterocycles. The van der Waals surface area contributed by atoms with Crippen molar-refractivity contribution in [3.8, 4) is 6.07 Å². The van der Waals surface area contributed by atoms with Crippen LogP contribution in [0.2, 0.25) is 0 Å². The van der Waals surface area contributed by atoms with Crippen LogP contribution in [0.1, 0.15) is 46.9 Å². The van der Waals surface area contributed by atoms with Gasteiger partial charge in [0.25, 0.3) is 5.91 Å². The van der Waals surface area contributed by atoms with E-state index < -0.39 is 9.84 Å². The summed E-state index contributed by atoms with van der Waals surface area (Å²) >= 11 is 0. The molecular weight excluding hydrogens is 348 g/mol. The van der Waals surface area contributed by atoms with Gasteiger partial charge in [0, 0.05) is 18.4 Å². The van der Waals surface area contributed by atoms with Gasteiger partial charge in [-0.15, -0.1) is 0 Å². The summed E-state index contributed by atoms with van der Waals surface area (Å²) in [6, 6.07) is 15.8. The van der Waals surface area contributed by atoms with Crippen LogP contribution in [0.5, 0.6) is 0 Å². The van der Waals surface area contributed by atoms with Crippen molar-refractivity contribution in [2.75, 3.05) is 12.8 Å². The zero-order valence-corrected chi connectivity index (χ0v) is 16.0. The van der Waals surface area contributed by atoms with Crippen molar-refractivity contribution in [3.05, 3.63) is 70.8 Å². The Kier molecular flexibility index (Phi) is 6.17. The van der Waals surface area contributed by atoms with Crippen LogP contribution < -0.4 is 0 Å². The lowest BCUT2D eigenvalue weighted by molar-refractivity contribution is 0.0702. The van der Waals surface area contributed by atoms with Crippen molar-refractivity contribution in [1.82, 2.24) is 4.90 Å². The number of hydrogen-bond acceptors (Lipinski definition) is 4. The third-order valence-corrected chi connectivity index (χ3v) is 5.08. The quantitative estimate of drug-likeness (QED) is 0.781. The predicted molar refractivity (Wildman–Crippen MR) is 101 cm³/mol. The van der Waals surface area contributed by atoms with Crippen molar-refractivity contribution in [2.24, 2.45) is 0 Å². The van der Waals surface area contributed by atoms with E-state index in [1.807, 2.05) is 26.0 Å². The van der Waals surface area contributed by atoms with E-state index in [4.69, 9.17) is 5.26 Å². The monoisotopic (exact) mass is 370 g/mol. The van der Waals surface area contributed by atoms with Gasteiger partial charge in [-0.25, -0.2) is 8.42 Å². The number of nitrogens with zero attached hydrogens (tertiary/aromatic N) is 2. The van der Waals surface area contributed by atoms with Crippen molar-refractivity contribution in [1.29, 1.82) is 5.26 Å². The lowest BCUT2D eigenvalue weighted by Crippen LogP contribution is -2.33. The molecule has 1 amide bonds. The summed E-state index contributed by atoms with van der Waals surface area (Å²) in [5.41, 5.74) is 2.71. The lowest BCUT2D eigenvalue weighted by atomic mass is 10.0. The van der Waals surface area contributed by atoms with E-state index in [1.165, 1.54) is 6.26 Å². The van der Waals surface area contributed by atoms with Crippen LogP contribution in [-0.2, 0) is 15.6 Å². The number of sulfone groups is 1. The molecule has 0 saturated carbocycles. The molecule has 1 unspecified atom stereocenters. The van der Waals surface area contributed by atoms with Crippen LogP contribution in [0.4, 0.5) is 0 Å². The molecule has 6 heteroatoms. The van der Waals surface area contributed by atoms with E-state index in [0.29, 0.717) is 23.2 Å². The molecule has 0 radical (unpaired) electrons. The second-order valence-electron chi connectivity index (χ2n) is 6.27. The molecule has 5 nitrogen and oxygen atoms in total. The highest BCUT2D eigenvalue weighted by atomic mass is 32.2. The minimum absolute atomic E-state index is 0.0411. The van der Waals surface area contributed by atoms with Crippen LogP contribution >= 0.6 is 0 Å². The molecule has 0 aliphatic carbocycles. The molecule has 0 saturated heterocycles. The summed E-state index contributed by atoms with van der Waals surface area (Å²) in [4.78, 5) is 14.6. The van der Waals surface area contributed by atoms with Gasteiger partial charge in [-0.2, -0.15) is 5.26 Å². The Hall–Kier alpha value is -2.65. The summed E-state index contributed by atoms with van der Waals surface area (Å²) in [6.07, 6.45) is 1.18. The van der Waals surface area contributed by atoms with Gasteiger partial charge in [-0.3, -0.25) is 4.79 Å². The Morgan fingerprint density at radius 1 is 1.12 bits per heavy atom. The van der Waals surface area contributed by atoms with Crippen molar-refractivity contribution in [2.45, 2.75) is 25.6 Å². The smallest absolute Gasteiger partial charge is 0.254 e. The fraction of sp³-hybridized carbons (Fsp3) is 0.300. The highest BCUT2D eigenvalue weighted by molar-refractivity contribution is 7.89. The topological polar surface area (TPSA) is 78.2 Å². The molecule has 0 aliphatic rings. The van der Waals surface area contributed by atoms with E-state index >= 15 is 0 Å². The summed E-state index contributed by atoms with van der Waals surface area (Å²) in [5, 5.41) is 8.90. The second kappa shape index (κ2) is 8.15. The van der Waals surface area contributed by atoms with Gasteiger partial charge >= 0.3 is 0 Å². The third kappa shape index (κ3) is 4.93. The summed E-state index contributed by atoms with van der Waals surface area (Å²) in [7, 11) is -3.10. The maximum absolute atomic E-state index is 12.9. The number of carbonyl (C=O) groups is 1. The summed E-state index contributed by atoms with van der Waals surface area (Å²) in [5.74, 6) is -0.157. The Balaban J connectivity index is 2.20. The number of hydrogen-bond donors (Lipinski definition) is 0. The molecular formula is C20H22N2O3S. The Labute approximate surface area is 154 Å². The first-order valence-corrected chi connectivity index (χ1v) is 10.4. The van der Waals surface area contributed by atoms with Gasteiger partial charge in [0.1, 0.15) is 0 Å². The van der Waals surface area contributed by atoms with Crippen LogP contribution in [0.25, 0.3) is 0 Å². The minimum atomic E-state index is -3.10. The third-order valence-electron chi connectivity index (χ3n) is 4.22. The number of nitriles is 1. The molecule has 0 bridgehead atoms. The average Bonchev–Trinajstić information content (AvgIpc) is 2.61. The highest BCUT2D eigenvalue weighted by Crippen LogP contribution is 2.23. The Morgan fingerprint density at radius 3 is 2.15 bits per heavy atom. The fourth-order valence-electron chi connectivity index (χ4n) is 2.82. The zero-order chi connectivity index (χ0) is 19.3. The van der Waals surface area contributed by atoms with Gasteiger partial charge < -0.3 is 4.90 Å². The first-order chi connectivity index (χ1) is 12.2. The van der Waals surface area contributed by atoms with E-state index in [1.54, 1.807) is 41.3 Å². The Morgan fingerprint density at radius 2 is 1.69 bits per heavy atom. The molecule has 0 heterocycles. The van der Waals surface area contributed by atoms with Crippen molar-refractivity contribution < 1.29 is 13.2 Å². The maximum atomic E-state index is 12.9.